The Bertz CT molecular complexity index is 872. The summed E-state index contributed by atoms with van der Waals surface area (Å²) in [6.07, 6.45) is 5.80. The molecule has 0 bridgehead atoms. The van der Waals surface area contributed by atoms with Crippen molar-refractivity contribution < 1.29 is 13.6 Å². The minimum absolute atomic E-state index is 0.0266. The molecule has 2 amide bonds. The predicted molar refractivity (Wildman–Crippen MR) is 120 cm³/mol. The van der Waals surface area contributed by atoms with E-state index in [4.69, 9.17) is 5.73 Å². The minimum atomic E-state index is -0.591. The van der Waals surface area contributed by atoms with Crippen LogP contribution in [0, 0.1) is 11.6 Å². The lowest BCUT2D eigenvalue weighted by molar-refractivity contribution is 0.195. The molecule has 1 aliphatic heterocycles. The van der Waals surface area contributed by atoms with Gasteiger partial charge in [-0.1, -0.05) is 24.3 Å². The van der Waals surface area contributed by atoms with Gasteiger partial charge < -0.3 is 16.0 Å². The van der Waals surface area contributed by atoms with E-state index in [-0.39, 0.29) is 23.7 Å². The van der Waals surface area contributed by atoms with Gasteiger partial charge in [-0.3, -0.25) is 0 Å². The van der Waals surface area contributed by atoms with Crippen LogP contribution in [-0.2, 0) is 6.42 Å². The van der Waals surface area contributed by atoms with Crippen LogP contribution in [0.25, 0.3) is 11.1 Å². The molecule has 7 heteroatoms. The van der Waals surface area contributed by atoms with Crippen molar-refractivity contribution in [2.75, 3.05) is 19.3 Å². The molecule has 30 heavy (non-hydrogen) atoms. The number of benzene rings is 2. The number of carbonyl (C=O) groups is 1. The zero-order valence-electron chi connectivity index (χ0n) is 17.2. The highest BCUT2D eigenvalue weighted by molar-refractivity contribution is 7.79. The van der Waals surface area contributed by atoms with Gasteiger partial charge in [-0.25, -0.2) is 13.6 Å². The molecule has 2 aliphatic rings. The summed E-state index contributed by atoms with van der Waals surface area (Å²) < 4.78 is 28.8. The van der Waals surface area contributed by atoms with E-state index in [0.29, 0.717) is 18.7 Å². The van der Waals surface area contributed by atoms with Crippen molar-refractivity contribution in [3.8, 4) is 11.1 Å². The highest BCUT2D eigenvalue weighted by atomic mass is 32.1. The fourth-order valence-corrected chi connectivity index (χ4v) is 4.37. The van der Waals surface area contributed by atoms with Gasteiger partial charge in [-0.15, -0.1) is 0 Å². The molecule has 0 radical (unpaired) electrons. The molecule has 1 unspecified atom stereocenters. The number of nitrogens with one attached hydrogen (secondary N) is 1. The normalized spacial score (nSPS) is 20.6. The number of amides is 2. The van der Waals surface area contributed by atoms with Crippen molar-refractivity contribution in [2.24, 2.45) is 5.73 Å². The van der Waals surface area contributed by atoms with Crippen molar-refractivity contribution >= 4 is 18.7 Å². The number of rotatable bonds is 2. The SMILES string of the molecule is CS.N[C@H]1CCCN(C(=O)NC2CCc3cccc(-c4c(F)cccc4F)c32)CC1. The number of nitrogens with zero attached hydrogens (tertiary/aromatic N) is 1. The molecule has 0 aromatic heterocycles. The van der Waals surface area contributed by atoms with Gasteiger partial charge in [0.2, 0.25) is 0 Å². The van der Waals surface area contributed by atoms with Crippen LogP contribution in [0.15, 0.2) is 36.4 Å². The van der Waals surface area contributed by atoms with Crippen LogP contribution in [0.5, 0.6) is 0 Å². The maximum atomic E-state index is 14.4. The van der Waals surface area contributed by atoms with Crippen LogP contribution >= 0.6 is 12.6 Å². The first-order valence-electron chi connectivity index (χ1n) is 10.4. The zero-order chi connectivity index (χ0) is 21.7. The summed E-state index contributed by atoms with van der Waals surface area (Å²) >= 11 is 3.53. The topological polar surface area (TPSA) is 58.4 Å². The number of thiol groups is 1. The zero-order valence-corrected chi connectivity index (χ0v) is 18.1. The van der Waals surface area contributed by atoms with E-state index >= 15 is 0 Å². The van der Waals surface area contributed by atoms with E-state index in [1.165, 1.54) is 18.2 Å². The number of urea groups is 1. The maximum Gasteiger partial charge on any atom is 0.317 e. The highest BCUT2D eigenvalue weighted by Crippen LogP contribution is 2.40. The van der Waals surface area contributed by atoms with Crippen molar-refractivity contribution in [2.45, 2.75) is 44.2 Å². The van der Waals surface area contributed by atoms with Crippen LogP contribution in [-0.4, -0.2) is 36.3 Å². The summed E-state index contributed by atoms with van der Waals surface area (Å²) in [6, 6.07) is 9.17. The molecule has 0 spiro atoms. The Morgan fingerprint density at radius 1 is 1.07 bits per heavy atom. The van der Waals surface area contributed by atoms with Gasteiger partial charge in [0.25, 0.3) is 0 Å². The fraction of sp³-hybridized carbons (Fsp3) is 0.435. The monoisotopic (exact) mass is 433 g/mol. The van der Waals surface area contributed by atoms with E-state index in [9.17, 15) is 13.6 Å². The van der Waals surface area contributed by atoms with Crippen molar-refractivity contribution in [1.29, 1.82) is 0 Å². The summed E-state index contributed by atoms with van der Waals surface area (Å²) in [6.45, 7) is 1.32. The number of hydrogen-bond acceptors (Lipinski definition) is 3. The lowest BCUT2D eigenvalue weighted by Crippen LogP contribution is -2.42. The molecule has 2 aromatic rings. The van der Waals surface area contributed by atoms with E-state index in [0.717, 1.165) is 43.2 Å². The molecule has 1 aliphatic carbocycles. The van der Waals surface area contributed by atoms with Crippen LogP contribution in [0.1, 0.15) is 42.9 Å². The second-order valence-corrected chi connectivity index (χ2v) is 7.69. The van der Waals surface area contributed by atoms with Gasteiger partial charge in [-0.05, 0) is 67.2 Å². The lowest BCUT2D eigenvalue weighted by Gasteiger charge is -2.25. The van der Waals surface area contributed by atoms with Gasteiger partial charge in [0.1, 0.15) is 11.6 Å². The first kappa shape index (κ1) is 22.6. The van der Waals surface area contributed by atoms with E-state index in [1.54, 1.807) is 17.2 Å². The Morgan fingerprint density at radius 2 is 1.77 bits per heavy atom. The molecule has 3 N–H and O–H groups in total. The Morgan fingerprint density at radius 3 is 2.50 bits per heavy atom. The molecule has 4 nitrogen and oxygen atoms in total. The van der Waals surface area contributed by atoms with Crippen molar-refractivity contribution in [1.82, 2.24) is 10.2 Å². The van der Waals surface area contributed by atoms with Crippen LogP contribution in [0.3, 0.4) is 0 Å². The van der Waals surface area contributed by atoms with E-state index < -0.39 is 11.6 Å². The number of nitrogens with two attached hydrogens (primary N) is 1. The Hall–Kier alpha value is -2.12. The van der Waals surface area contributed by atoms with Gasteiger partial charge >= 0.3 is 6.03 Å². The Balaban J connectivity index is 0.00000124. The summed E-state index contributed by atoms with van der Waals surface area (Å²) in [4.78, 5) is 14.6. The van der Waals surface area contributed by atoms with Gasteiger partial charge in [-0.2, -0.15) is 12.6 Å². The summed E-state index contributed by atoms with van der Waals surface area (Å²) in [5.74, 6) is -1.18. The first-order chi connectivity index (χ1) is 14.5. The molecule has 1 saturated heterocycles. The van der Waals surface area contributed by atoms with Gasteiger partial charge in [0.05, 0.1) is 11.6 Å². The Labute approximate surface area is 182 Å². The molecular formula is C23H29F2N3OS. The number of fused-ring (bicyclic) bond motifs is 1. The third-order valence-electron chi connectivity index (χ3n) is 5.84. The third-order valence-corrected chi connectivity index (χ3v) is 5.84. The van der Waals surface area contributed by atoms with Crippen LogP contribution in [0.2, 0.25) is 0 Å². The molecule has 1 fully saturated rings. The predicted octanol–water partition coefficient (Wildman–Crippen LogP) is 4.69. The van der Waals surface area contributed by atoms with Crippen molar-refractivity contribution in [3.63, 3.8) is 0 Å². The number of carbonyl (C=O) groups excluding carboxylic acids is 1. The maximum absolute atomic E-state index is 14.4. The quantitative estimate of drug-likeness (QED) is 0.602. The van der Waals surface area contributed by atoms with Crippen LogP contribution < -0.4 is 11.1 Å². The average Bonchev–Trinajstić information content (AvgIpc) is 3.02. The Kier molecular flexibility index (Phi) is 7.72. The van der Waals surface area contributed by atoms with Crippen molar-refractivity contribution in [3.05, 3.63) is 59.2 Å². The standard InChI is InChI=1S/C22H25F2N3O.CH4S/c23-17-7-2-8-18(24)21(17)16-6-1-4-14-9-10-19(20(14)16)26-22(28)27-12-3-5-15(25)11-13-27;1-2/h1-2,4,6-8,15,19H,3,5,9-13,25H2,(H,26,28);2H,1H3/t15-,19?;/m0./s1. The summed E-state index contributed by atoms with van der Waals surface area (Å²) in [5.41, 5.74) is 8.36. The second-order valence-electron chi connectivity index (χ2n) is 7.69. The average molecular weight is 434 g/mol. The highest BCUT2D eigenvalue weighted by Gasteiger charge is 2.30. The largest absolute Gasteiger partial charge is 0.331 e. The number of likely N-dealkylation sites (tertiary alicyclic amines) is 1. The van der Waals surface area contributed by atoms with E-state index in [1.807, 2.05) is 12.1 Å². The molecule has 1 heterocycles. The second kappa shape index (κ2) is 10.3. The number of hydrogen-bond donors (Lipinski definition) is 3. The summed E-state index contributed by atoms with van der Waals surface area (Å²) in [7, 11) is 0. The van der Waals surface area contributed by atoms with E-state index in [2.05, 4.69) is 17.9 Å². The fourth-order valence-electron chi connectivity index (χ4n) is 4.37. The van der Waals surface area contributed by atoms with Gasteiger partial charge in [0.15, 0.2) is 0 Å². The molecule has 4 rings (SSSR count). The smallest absolute Gasteiger partial charge is 0.317 e. The molecule has 162 valence electrons. The number of aryl methyl sites for hydroxylation is 1. The minimum Gasteiger partial charge on any atom is -0.331 e. The molecule has 2 aromatic carbocycles. The van der Waals surface area contributed by atoms with Gasteiger partial charge in [0, 0.05) is 19.1 Å². The van der Waals surface area contributed by atoms with Crippen LogP contribution in [0.4, 0.5) is 13.6 Å². The lowest BCUT2D eigenvalue weighted by atomic mass is 9.94. The molecular weight excluding hydrogens is 404 g/mol. The number of halogens is 2. The first-order valence-corrected chi connectivity index (χ1v) is 11.3. The molecule has 2 atom stereocenters. The third kappa shape index (κ3) is 4.78. The molecule has 0 saturated carbocycles. The summed E-state index contributed by atoms with van der Waals surface area (Å²) in [5, 5.41) is 3.10.